The molecule has 254 valence electrons. The van der Waals surface area contributed by atoms with Crippen molar-refractivity contribution in [2.75, 3.05) is 48.6 Å². The van der Waals surface area contributed by atoms with Crippen LogP contribution < -0.4 is 39.1 Å². The fourth-order valence-corrected chi connectivity index (χ4v) is 7.64. The average Bonchev–Trinajstić information content (AvgIpc) is 3.08. The quantitative estimate of drug-likeness (QED) is 0.161. The number of methoxy groups -OCH3 is 5. The van der Waals surface area contributed by atoms with Crippen LogP contribution in [0.15, 0.2) is 48.5 Å². The first kappa shape index (κ1) is 34.3. The maximum atomic E-state index is 6.86. The number of rotatable bonds is 11. The zero-order chi connectivity index (χ0) is 33.9. The second-order valence-electron chi connectivity index (χ2n) is 11.8. The Morgan fingerprint density at radius 2 is 0.938 bits per heavy atom. The molecular weight excluding hydrogens is 675 g/mol. The molecule has 0 bridgehead atoms. The van der Waals surface area contributed by atoms with Crippen molar-refractivity contribution in [1.82, 2.24) is 10.6 Å². The van der Waals surface area contributed by atoms with Gasteiger partial charge in [0, 0.05) is 12.1 Å². The van der Waals surface area contributed by atoms with Crippen molar-refractivity contribution in [2.24, 2.45) is 0 Å². The molecule has 2 aliphatic rings. The number of halogens is 3. The Balaban J connectivity index is 1.26. The molecule has 2 heterocycles. The van der Waals surface area contributed by atoms with Crippen molar-refractivity contribution >= 4 is 34.8 Å². The molecule has 11 heteroatoms. The zero-order valence-electron chi connectivity index (χ0n) is 27.6. The summed E-state index contributed by atoms with van der Waals surface area (Å²) in [6.45, 7) is 1.68. The molecule has 48 heavy (non-hydrogen) atoms. The van der Waals surface area contributed by atoms with Gasteiger partial charge in [-0.2, -0.15) is 0 Å². The summed E-state index contributed by atoms with van der Waals surface area (Å²) in [6, 6.07) is 15.9. The van der Waals surface area contributed by atoms with E-state index in [1.165, 1.54) is 11.1 Å². The minimum Gasteiger partial charge on any atom is -0.493 e. The van der Waals surface area contributed by atoms with Crippen molar-refractivity contribution < 1.29 is 28.4 Å². The molecule has 4 aromatic carbocycles. The number of ether oxygens (including phenoxy) is 6. The Morgan fingerprint density at radius 3 is 1.38 bits per heavy atom. The summed E-state index contributed by atoms with van der Waals surface area (Å²) in [6.07, 6.45) is 3.11. The van der Waals surface area contributed by atoms with E-state index >= 15 is 0 Å². The third-order valence-electron chi connectivity index (χ3n) is 9.03. The fraction of sp³-hybridized carbons (Fsp3) is 0.351. The topological polar surface area (TPSA) is 79.4 Å². The van der Waals surface area contributed by atoms with Crippen LogP contribution >= 0.6 is 34.8 Å². The second-order valence-corrected chi connectivity index (χ2v) is 13.1. The highest BCUT2D eigenvalue weighted by Crippen LogP contribution is 2.45. The number of hydrogen-bond acceptors (Lipinski definition) is 8. The standard InChI is InChI=1S/C37H39Cl3N2O6/c1-43-31-16-22-6-8-41-29(24(22)18-33(31)45-3)13-20-10-26(38)36(27(39)11-20)48-35-15-21(12-28(40)37(35)47-5)14-30-25-19-34(46-4)32(44-2)17-23(25)7-9-42-30/h10-12,15-19,29-30,41-42H,6-9,13-14H2,1-5H3. The maximum Gasteiger partial charge on any atom is 0.180 e. The third-order valence-corrected chi connectivity index (χ3v) is 9.88. The number of benzene rings is 4. The van der Waals surface area contributed by atoms with Crippen molar-refractivity contribution in [3.8, 4) is 40.2 Å². The highest BCUT2D eigenvalue weighted by Gasteiger charge is 2.26. The molecule has 0 spiro atoms. The molecule has 0 saturated heterocycles. The lowest BCUT2D eigenvalue weighted by molar-refractivity contribution is 0.352. The van der Waals surface area contributed by atoms with Crippen molar-refractivity contribution in [3.63, 3.8) is 0 Å². The molecule has 4 aromatic rings. The van der Waals surface area contributed by atoms with Crippen LogP contribution in [0.3, 0.4) is 0 Å². The van der Waals surface area contributed by atoms with E-state index in [-0.39, 0.29) is 12.1 Å². The van der Waals surface area contributed by atoms with E-state index in [2.05, 4.69) is 22.8 Å². The molecule has 0 radical (unpaired) electrons. The van der Waals surface area contributed by atoms with E-state index in [1.54, 1.807) is 35.5 Å². The smallest absolute Gasteiger partial charge is 0.180 e. The maximum absolute atomic E-state index is 6.86. The van der Waals surface area contributed by atoms with Crippen LogP contribution in [0.2, 0.25) is 15.1 Å². The van der Waals surface area contributed by atoms with Crippen LogP contribution in [0.25, 0.3) is 0 Å². The van der Waals surface area contributed by atoms with E-state index in [0.29, 0.717) is 56.7 Å². The largest absolute Gasteiger partial charge is 0.493 e. The molecule has 6 rings (SSSR count). The predicted molar refractivity (Wildman–Crippen MR) is 190 cm³/mol. The first-order chi connectivity index (χ1) is 23.3. The van der Waals surface area contributed by atoms with Crippen molar-refractivity contribution in [1.29, 1.82) is 0 Å². The summed E-state index contributed by atoms with van der Waals surface area (Å²) in [7, 11) is 8.15. The van der Waals surface area contributed by atoms with Gasteiger partial charge in [-0.05, 0) is 121 Å². The molecule has 0 fully saturated rings. The van der Waals surface area contributed by atoms with Gasteiger partial charge in [0.25, 0.3) is 0 Å². The lowest BCUT2D eigenvalue weighted by atomic mass is 9.89. The first-order valence-electron chi connectivity index (χ1n) is 15.7. The second kappa shape index (κ2) is 14.9. The van der Waals surface area contributed by atoms with Gasteiger partial charge in [0.1, 0.15) is 0 Å². The summed E-state index contributed by atoms with van der Waals surface area (Å²) >= 11 is 20.5. The molecule has 0 aromatic heterocycles. The van der Waals surface area contributed by atoms with Gasteiger partial charge >= 0.3 is 0 Å². The zero-order valence-corrected chi connectivity index (χ0v) is 29.9. The van der Waals surface area contributed by atoms with Gasteiger partial charge in [-0.25, -0.2) is 0 Å². The van der Waals surface area contributed by atoms with Crippen LogP contribution in [0.4, 0.5) is 0 Å². The summed E-state index contributed by atoms with van der Waals surface area (Å²) in [5, 5.41) is 8.44. The first-order valence-corrected chi connectivity index (χ1v) is 16.9. The van der Waals surface area contributed by atoms with Crippen molar-refractivity contribution in [3.05, 3.63) is 97.0 Å². The van der Waals surface area contributed by atoms with Crippen LogP contribution in [0.5, 0.6) is 40.2 Å². The molecule has 0 aliphatic carbocycles. The molecule has 2 unspecified atom stereocenters. The Kier molecular flexibility index (Phi) is 10.7. The monoisotopic (exact) mass is 712 g/mol. The highest BCUT2D eigenvalue weighted by atomic mass is 35.5. The van der Waals surface area contributed by atoms with E-state index in [1.807, 2.05) is 36.4 Å². The van der Waals surface area contributed by atoms with E-state index in [9.17, 15) is 0 Å². The van der Waals surface area contributed by atoms with Gasteiger partial charge < -0.3 is 39.1 Å². The minimum absolute atomic E-state index is 0.0249. The summed E-state index contributed by atoms with van der Waals surface area (Å²) < 4.78 is 34.3. The number of nitrogens with one attached hydrogen (secondary N) is 2. The summed E-state index contributed by atoms with van der Waals surface area (Å²) in [4.78, 5) is 0. The van der Waals surface area contributed by atoms with Gasteiger partial charge in [-0.15, -0.1) is 0 Å². The van der Waals surface area contributed by atoms with Crippen LogP contribution in [0.1, 0.15) is 45.5 Å². The average molecular weight is 714 g/mol. The molecule has 0 amide bonds. The number of fused-ring (bicyclic) bond motifs is 2. The molecule has 0 saturated carbocycles. The Labute approximate surface area is 296 Å². The van der Waals surface area contributed by atoms with E-state index < -0.39 is 0 Å². The van der Waals surface area contributed by atoms with E-state index in [0.717, 1.165) is 59.7 Å². The van der Waals surface area contributed by atoms with Gasteiger partial charge in [-0.1, -0.05) is 34.8 Å². The van der Waals surface area contributed by atoms with Crippen molar-refractivity contribution in [2.45, 2.75) is 37.8 Å². The van der Waals surface area contributed by atoms with Gasteiger partial charge in [-0.3, -0.25) is 0 Å². The highest BCUT2D eigenvalue weighted by molar-refractivity contribution is 6.37. The molecule has 2 aliphatic heterocycles. The number of hydrogen-bond donors (Lipinski definition) is 2. The van der Waals surface area contributed by atoms with E-state index in [4.69, 9.17) is 63.2 Å². The lowest BCUT2D eigenvalue weighted by Crippen LogP contribution is -2.31. The molecule has 8 nitrogen and oxygen atoms in total. The molecule has 2 atom stereocenters. The Hall–Kier alpha value is -3.53. The molecular formula is C37H39Cl3N2O6. The minimum atomic E-state index is 0.0249. The lowest BCUT2D eigenvalue weighted by Gasteiger charge is -2.29. The Bertz CT molecular complexity index is 1790. The molecule has 2 N–H and O–H groups in total. The van der Waals surface area contributed by atoms with Gasteiger partial charge in [0.15, 0.2) is 40.2 Å². The third kappa shape index (κ3) is 6.96. The van der Waals surface area contributed by atoms with Gasteiger partial charge in [0.2, 0.25) is 0 Å². The predicted octanol–water partition coefficient (Wildman–Crippen LogP) is 8.34. The normalized spacial score (nSPS) is 16.8. The van der Waals surface area contributed by atoms with Crippen LogP contribution in [-0.2, 0) is 25.7 Å². The SMILES string of the molecule is COc1cc2c(cc1OC)C(Cc1cc(Cl)c(Oc3cc(CC4NCCc5cc(OC)c(OC)cc54)cc(Cl)c3OC)c(Cl)c1)NCC2. The van der Waals surface area contributed by atoms with Gasteiger partial charge in [0.05, 0.1) is 50.6 Å². The fourth-order valence-electron chi connectivity index (χ4n) is 6.72. The summed E-state index contributed by atoms with van der Waals surface area (Å²) in [5.41, 5.74) is 6.68. The van der Waals surface area contributed by atoms with Crippen LogP contribution in [-0.4, -0.2) is 48.6 Å². The Morgan fingerprint density at radius 1 is 0.521 bits per heavy atom. The van der Waals surface area contributed by atoms with Crippen LogP contribution in [0, 0.1) is 0 Å². The summed E-state index contributed by atoms with van der Waals surface area (Å²) in [5.74, 6) is 3.98.